The van der Waals surface area contributed by atoms with E-state index in [0.29, 0.717) is 5.71 Å². The van der Waals surface area contributed by atoms with Gasteiger partial charge in [0.25, 0.3) is 10.1 Å². The van der Waals surface area contributed by atoms with Crippen LogP contribution < -0.4 is 0 Å². The standard InChI is InChI=1S/C7H8O3S.C3H7NO/c1-6-2-4-7(5-3-6)11(8,9)10;1-3(2)4-5/h2-5H,1H3,(H,8,9,10);5H,1-2H3. The molecule has 0 unspecified atom stereocenters. The molecular weight excluding hydrogens is 230 g/mol. The Morgan fingerprint density at radius 2 is 1.56 bits per heavy atom. The van der Waals surface area contributed by atoms with Crippen molar-refractivity contribution in [1.29, 1.82) is 0 Å². The molecule has 6 heteroatoms. The molecule has 2 N–H and O–H groups in total. The summed E-state index contributed by atoms with van der Waals surface area (Å²) in [5.41, 5.74) is 1.64. The van der Waals surface area contributed by atoms with Gasteiger partial charge in [-0.2, -0.15) is 8.42 Å². The van der Waals surface area contributed by atoms with E-state index in [2.05, 4.69) is 5.16 Å². The molecule has 5 nitrogen and oxygen atoms in total. The van der Waals surface area contributed by atoms with Gasteiger partial charge in [0.2, 0.25) is 0 Å². The van der Waals surface area contributed by atoms with Crippen LogP contribution in [0.4, 0.5) is 0 Å². The fourth-order valence-electron chi connectivity index (χ4n) is 0.710. The lowest BCUT2D eigenvalue weighted by Crippen LogP contribution is -1.96. The maximum absolute atomic E-state index is 10.5. The van der Waals surface area contributed by atoms with Gasteiger partial charge in [-0.05, 0) is 32.9 Å². The molecular formula is C10H15NO4S. The summed E-state index contributed by atoms with van der Waals surface area (Å²) in [4.78, 5) is -0.0666. The van der Waals surface area contributed by atoms with Gasteiger partial charge in [-0.1, -0.05) is 22.9 Å². The summed E-state index contributed by atoms with van der Waals surface area (Å²) in [6.45, 7) is 5.29. The number of nitrogens with zero attached hydrogens (tertiary/aromatic N) is 1. The zero-order valence-electron chi connectivity index (χ0n) is 9.38. The fraction of sp³-hybridized carbons (Fsp3) is 0.300. The van der Waals surface area contributed by atoms with Crippen LogP contribution in [0.1, 0.15) is 19.4 Å². The Balaban J connectivity index is 0.000000385. The summed E-state index contributed by atoms with van der Waals surface area (Å²) >= 11 is 0. The highest BCUT2D eigenvalue weighted by Gasteiger charge is 2.06. The van der Waals surface area contributed by atoms with E-state index >= 15 is 0 Å². The monoisotopic (exact) mass is 245 g/mol. The topological polar surface area (TPSA) is 87.0 Å². The highest BCUT2D eigenvalue weighted by molar-refractivity contribution is 7.85. The molecule has 0 heterocycles. The van der Waals surface area contributed by atoms with Crippen LogP contribution in [0.25, 0.3) is 0 Å². The van der Waals surface area contributed by atoms with E-state index in [0.717, 1.165) is 5.56 Å². The van der Waals surface area contributed by atoms with Gasteiger partial charge in [-0.25, -0.2) is 0 Å². The number of oxime groups is 1. The van der Waals surface area contributed by atoms with Gasteiger partial charge in [0, 0.05) is 0 Å². The van der Waals surface area contributed by atoms with Crippen molar-refractivity contribution in [3.8, 4) is 0 Å². The largest absolute Gasteiger partial charge is 0.411 e. The number of rotatable bonds is 1. The van der Waals surface area contributed by atoms with Crippen molar-refractivity contribution in [2.45, 2.75) is 25.7 Å². The summed E-state index contributed by atoms with van der Waals surface area (Å²) in [5.74, 6) is 0. The van der Waals surface area contributed by atoms with Crippen LogP contribution in [0.2, 0.25) is 0 Å². The maximum Gasteiger partial charge on any atom is 0.294 e. The lowest BCUT2D eigenvalue weighted by molar-refractivity contribution is 0.318. The van der Waals surface area contributed by atoms with Crippen molar-refractivity contribution >= 4 is 15.8 Å². The van der Waals surface area contributed by atoms with Crippen LogP contribution >= 0.6 is 0 Å². The first kappa shape index (κ1) is 14.6. The summed E-state index contributed by atoms with van der Waals surface area (Å²) in [7, 11) is -4.02. The van der Waals surface area contributed by atoms with Crippen LogP contribution in [0.5, 0.6) is 0 Å². The molecule has 0 aliphatic carbocycles. The van der Waals surface area contributed by atoms with Gasteiger partial charge in [0.15, 0.2) is 0 Å². The zero-order valence-corrected chi connectivity index (χ0v) is 10.2. The molecule has 0 atom stereocenters. The average Bonchev–Trinajstić information content (AvgIpc) is 2.18. The Bertz CT molecular complexity index is 444. The normalized spacial score (nSPS) is 10.0. The Morgan fingerprint density at radius 3 is 1.81 bits per heavy atom. The van der Waals surface area contributed by atoms with Crippen molar-refractivity contribution in [3.05, 3.63) is 29.8 Å². The average molecular weight is 245 g/mol. The molecule has 0 bridgehead atoms. The highest BCUT2D eigenvalue weighted by Crippen LogP contribution is 2.08. The fourth-order valence-corrected chi connectivity index (χ4v) is 1.19. The summed E-state index contributed by atoms with van der Waals surface area (Å²) < 4.78 is 29.6. The van der Waals surface area contributed by atoms with E-state index in [1.54, 1.807) is 26.0 Å². The lowest BCUT2D eigenvalue weighted by atomic mass is 10.2. The van der Waals surface area contributed by atoms with Crippen LogP contribution in [0.15, 0.2) is 34.3 Å². The van der Waals surface area contributed by atoms with Crippen molar-refractivity contribution < 1.29 is 18.2 Å². The molecule has 0 saturated heterocycles. The van der Waals surface area contributed by atoms with Gasteiger partial charge in [0.05, 0.1) is 10.6 Å². The molecule has 16 heavy (non-hydrogen) atoms. The number of benzene rings is 1. The molecule has 0 aliphatic rings. The van der Waals surface area contributed by atoms with E-state index in [1.165, 1.54) is 12.1 Å². The summed E-state index contributed by atoms with van der Waals surface area (Å²) in [6, 6.07) is 5.99. The molecule has 0 saturated carbocycles. The SMILES string of the molecule is CC(C)=NO.Cc1ccc(S(=O)(=O)O)cc1. The predicted molar refractivity (Wildman–Crippen MR) is 61.6 cm³/mol. The minimum atomic E-state index is -4.02. The van der Waals surface area contributed by atoms with Gasteiger partial charge < -0.3 is 5.21 Å². The first-order valence-corrected chi connectivity index (χ1v) is 5.91. The third kappa shape index (κ3) is 6.15. The maximum atomic E-state index is 10.5. The number of hydrogen-bond donors (Lipinski definition) is 2. The molecule has 1 aromatic rings. The third-order valence-corrected chi connectivity index (χ3v) is 2.39. The van der Waals surface area contributed by atoms with Crippen LogP contribution in [-0.4, -0.2) is 23.9 Å². The van der Waals surface area contributed by atoms with Gasteiger partial charge in [-0.3, -0.25) is 4.55 Å². The molecule has 90 valence electrons. The van der Waals surface area contributed by atoms with E-state index in [1.807, 2.05) is 6.92 Å². The number of hydrogen-bond acceptors (Lipinski definition) is 4. The van der Waals surface area contributed by atoms with Crippen LogP contribution in [0, 0.1) is 6.92 Å². The molecule has 0 aliphatic heterocycles. The Hall–Kier alpha value is -1.40. The van der Waals surface area contributed by atoms with E-state index in [4.69, 9.17) is 9.76 Å². The minimum Gasteiger partial charge on any atom is -0.411 e. The number of aryl methyl sites for hydroxylation is 1. The second-order valence-electron chi connectivity index (χ2n) is 3.34. The molecule has 0 amide bonds. The molecule has 0 spiro atoms. The Labute approximate surface area is 95.2 Å². The second-order valence-corrected chi connectivity index (χ2v) is 4.76. The van der Waals surface area contributed by atoms with Crippen LogP contribution in [0.3, 0.4) is 0 Å². The Kier molecular flexibility index (Phi) is 5.69. The molecule has 1 rings (SSSR count). The van der Waals surface area contributed by atoms with Crippen molar-refractivity contribution in [3.63, 3.8) is 0 Å². The highest BCUT2D eigenvalue weighted by atomic mass is 32.2. The Morgan fingerprint density at radius 1 is 1.19 bits per heavy atom. The van der Waals surface area contributed by atoms with E-state index in [9.17, 15) is 8.42 Å². The molecule has 1 aromatic carbocycles. The van der Waals surface area contributed by atoms with Crippen LogP contribution in [-0.2, 0) is 10.1 Å². The minimum absolute atomic E-state index is 0.0666. The van der Waals surface area contributed by atoms with Crippen molar-refractivity contribution in [1.82, 2.24) is 0 Å². The zero-order chi connectivity index (χ0) is 12.8. The molecule has 0 fully saturated rings. The summed E-state index contributed by atoms with van der Waals surface area (Å²) in [6.07, 6.45) is 0. The smallest absolute Gasteiger partial charge is 0.294 e. The third-order valence-electron chi connectivity index (χ3n) is 1.52. The molecule has 0 aromatic heterocycles. The van der Waals surface area contributed by atoms with Gasteiger partial charge >= 0.3 is 0 Å². The van der Waals surface area contributed by atoms with Gasteiger partial charge in [-0.15, -0.1) is 0 Å². The quantitative estimate of drug-likeness (QED) is 0.343. The first-order valence-electron chi connectivity index (χ1n) is 4.47. The van der Waals surface area contributed by atoms with E-state index in [-0.39, 0.29) is 4.90 Å². The van der Waals surface area contributed by atoms with Crippen molar-refractivity contribution in [2.24, 2.45) is 5.16 Å². The first-order chi connectivity index (χ1) is 7.27. The van der Waals surface area contributed by atoms with Crippen molar-refractivity contribution in [2.75, 3.05) is 0 Å². The predicted octanol–water partition coefficient (Wildman–Crippen LogP) is 2.10. The second kappa shape index (κ2) is 6.24. The lowest BCUT2D eigenvalue weighted by Gasteiger charge is -1.95. The van der Waals surface area contributed by atoms with E-state index < -0.39 is 10.1 Å². The summed E-state index contributed by atoms with van der Waals surface area (Å²) in [5, 5.41) is 10.5. The molecule has 0 radical (unpaired) electrons. The van der Waals surface area contributed by atoms with Gasteiger partial charge in [0.1, 0.15) is 0 Å².